The van der Waals surface area contributed by atoms with Crippen LogP contribution in [0.3, 0.4) is 0 Å². The first-order chi connectivity index (χ1) is 8.56. The minimum Gasteiger partial charge on any atom is -0.475 e. The first-order valence-electron chi connectivity index (χ1n) is 5.55. The van der Waals surface area contributed by atoms with Gasteiger partial charge >= 0.3 is 5.97 Å². The molecule has 0 aliphatic carbocycles. The van der Waals surface area contributed by atoms with E-state index in [1.165, 1.54) is 12.1 Å². The van der Waals surface area contributed by atoms with Gasteiger partial charge < -0.3 is 14.8 Å². The highest BCUT2D eigenvalue weighted by Crippen LogP contribution is 2.12. The molecule has 2 N–H and O–H groups in total. The monoisotopic (exact) mass is 271 g/mol. The SMILES string of the molecule is O=C(O)c1ccc(C(=O)NC2CCS(=O)CC2)o1. The maximum atomic E-state index is 11.8. The highest BCUT2D eigenvalue weighted by molar-refractivity contribution is 7.85. The van der Waals surface area contributed by atoms with Crippen molar-refractivity contribution in [1.82, 2.24) is 5.32 Å². The molecule has 0 radical (unpaired) electrons. The van der Waals surface area contributed by atoms with Crippen molar-refractivity contribution in [3.8, 4) is 0 Å². The average Bonchev–Trinajstić information content (AvgIpc) is 2.81. The van der Waals surface area contributed by atoms with Gasteiger partial charge in [0.15, 0.2) is 5.76 Å². The number of amides is 1. The van der Waals surface area contributed by atoms with E-state index >= 15 is 0 Å². The number of carbonyl (C=O) groups excluding carboxylic acids is 1. The molecule has 7 heteroatoms. The summed E-state index contributed by atoms with van der Waals surface area (Å²) < 4.78 is 16.1. The summed E-state index contributed by atoms with van der Waals surface area (Å²) in [6, 6.07) is 2.56. The van der Waals surface area contributed by atoms with E-state index < -0.39 is 22.7 Å². The molecular formula is C11H13NO5S. The van der Waals surface area contributed by atoms with Crippen LogP contribution in [0.2, 0.25) is 0 Å². The molecule has 6 nitrogen and oxygen atoms in total. The van der Waals surface area contributed by atoms with Crippen LogP contribution in [0, 0.1) is 0 Å². The molecule has 0 aromatic carbocycles. The van der Waals surface area contributed by atoms with Crippen molar-refractivity contribution < 1.29 is 23.3 Å². The second-order valence-electron chi connectivity index (χ2n) is 4.06. The van der Waals surface area contributed by atoms with Crippen molar-refractivity contribution in [3.05, 3.63) is 23.7 Å². The minimum absolute atomic E-state index is 0.0147. The van der Waals surface area contributed by atoms with E-state index in [2.05, 4.69) is 5.32 Å². The van der Waals surface area contributed by atoms with Gasteiger partial charge in [-0.15, -0.1) is 0 Å². The summed E-state index contributed by atoms with van der Waals surface area (Å²) in [5, 5.41) is 11.4. The van der Waals surface area contributed by atoms with Crippen LogP contribution in [0.4, 0.5) is 0 Å². The molecule has 1 amide bonds. The summed E-state index contributed by atoms with van der Waals surface area (Å²) in [7, 11) is -0.775. The summed E-state index contributed by atoms with van der Waals surface area (Å²) in [4.78, 5) is 22.4. The molecule has 0 spiro atoms. The maximum Gasteiger partial charge on any atom is 0.371 e. The summed E-state index contributed by atoms with van der Waals surface area (Å²) >= 11 is 0. The van der Waals surface area contributed by atoms with Crippen LogP contribution < -0.4 is 5.32 Å². The van der Waals surface area contributed by atoms with Gasteiger partial charge in [-0.3, -0.25) is 9.00 Å². The van der Waals surface area contributed by atoms with Crippen LogP contribution in [-0.2, 0) is 10.8 Å². The molecule has 98 valence electrons. The van der Waals surface area contributed by atoms with Crippen LogP contribution in [0.5, 0.6) is 0 Å². The molecule has 2 heterocycles. The molecule has 0 saturated carbocycles. The van der Waals surface area contributed by atoms with Gasteiger partial charge in [0.25, 0.3) is 5.91 Å². The zero-order chi connectivity index (χ0) is 13.1. The highest BCUT2D eigenvalue weighted by Gasteiger charge is 2.22. The third kappa shape index (κ3) is 2.98. The van der Waals surface area contributed by atoms with E-state index in [0.29, 0.717) is 24.3 Å². The molecule has 1 aromatic heterocycles. The van der Waals surface area contributed by atoms with E-state index in [1.807, 2.05) is 0 Å². The maximum absolute atomic E-state index is 11.8. The van der Waals surface area contributed by atoms with E-state index in [0.717, 1.165) is 0 Å². The standard InChI is InChI=1S/C11H13NO5S/c13-10(8-1-2-9(17-8)11(14)15)12-7-3-5-18(16)6-4-7/h1-2,7H,3-6H2,(H,12,13)(H,14,15). The van der Waals surface area contributed by atoms with E-state index in [4.69, 9.17) is 9.52 Å². The Balaban J connectivity index is 1.94. The van der Waals surface area contributed by atoms with Crippen molar-refractivity contribution in [1.29, 1.82) is 0 Å². The second kappa shape index (κ2) is 5.34. The Morgan fingerprint density at radius 1 is 1.28 bits per heavy atom. The summed E-state index contributed by atoms with van der Waals surface area (Å²) in [6.45, 7) is 0. The van der Waals surface area contributed by atoms with Gasteiger partial charge in [0, 0.05) is 28.3 Å². The summed E-state index contributed by atoms with van der Waals surface area (Å²) in [5.41, 5.74) is 0. The van der Waals surface area contributed by atoms with Crippen LogP contribution in [0.25, 0.3) is 0 Å². The summed E-state index contributed by atoms with van der Waals surface area (Å²) in [5.74, 6) is -0.737. The molecule has 2 rings (SSSR count). The number of aromatic carboxylic acids is 1. The fourth-order valence-electron chi connectivity index (χ4n) is 1.77. The van der Waals surface area contributed by atoms with Crippen molar-refractivity contribution in [2.24, 2.45) is 0 Å². The van der Waals surface area contributed by atoms with Gasteiger partial charge in [-0.2, -0.15) is 0 Å². The number of carboxylic acids is 1. The zero-order valence-corrected chi connectivity index (χ0v) is 10.4. The number of nitrogens with one attached hydrogen (secondary N) is 1. The van der Waals surface area contributed by atoms with Crippen molar-refractivity contribution >= 4 is 22.7 Å². The molecule has 1 saturated heterocycles. The van der Waals surface area contributed by atoms with E-state index in [-0.39, 0.29) is 17.6 Å². The zero-order valence-electron chi connectivity index (χ0n) is 9.55. The fourth-order valence-corrected chi connectivity index (χ4v) is 3.07. The van der Waals surface area contributed by atoms with E-state index in [1.54, 1.807) is 0 Å². The predicted molar refractivity (Wildman–Crippen MR) is 64.0 cm³/mol. The topological polar surface area (TPSA) is 96.6 Å². The number of furan rings is 1. The Kier molecular flexibility index (Phi) is 3.81. The fraction of sp³-hybridized carbons (Fsp3) is 0.455. The molecule has 0 atom stereocenters. The molecule has 0 bridgehead atoms. The average molecular weight is 271 g/mol. The van der Waals surface area contributed by atoms with Crippen LogP contribution >= 0.6 is 0 Å². The first-order valence-corrected chi connectivity index (χ1v) is 7.04. The molecule has 0 unspecified atom stereocenters. The lowest BCUT2D eigenvalue weighted by atomic mass is 10.1. The van der Waals surface area contributed by atoms with Gasteiger partial charge in [0.05, 0.1) is 0 Å². The number of carboxylic acid groups (broad SMARTS) is 1. The Morgan fingerprint density at radius 2 is 1.89 bits per heavy atom. The second-order valence-corrected chi connectivity index (χ2v) is 5.76. The van der Waals surface area contributed by atoms with Crippen LogP contribution in [0.1, 0.15) is 34.0 Å². The Labute approximate surface area is 106 Å². The predicted octanol–water partition coefficient (Wildman–Crippen LogP) is 0.619. The summed E-state index contributed by atoms with van der Waals surface area (Å²) in [6.07, 6.45) is 1.34. The quantitative estimate of drug-likeness (QED) is 0.840. The van der Waals surface area contributed by atoms with Crippen molar-refractivity contribution in [3.63, 3.8) is 0 Å². The normalized spacial score (nSPS) is 23.6. The van der Waals surface area contributed by atoms with Crippen LogP contribution in [-0.4, -0.2) is 38.7 Å². The third-order valence-electron chi connectivity index (χ3n) is 2.76. The lowest BCUT2D eigenvalue weighted by Crippen LogP contribution is -2.39. The van der Waals surface area contributed by atoms with Crippen LogP contribution in [0.15, 0.2) is 16.5 Å². The third-order valence-corrected chi connectivity index (χ3v) is 4.15. The van der Waals surface area contributed by atoms with E-state index in [9.17, 15) is 13.8 Å². The number of carbonyl (C=O) groups is 2. The lowest BCUT2D eigenvalue weighted by molar-refractivity contribution is 0.0659. The molecule has 1 fully saturated rings. The van der Waals surface area contributed by atoms with Crippen molar-refractivity contribution in [2.45, 2.75) is 18.9 Å². The Bertz CT molecular complexity index is 485. The minimum atomic E-state index is -1.21. The van der Waals surface area contributed by atoms with Gasteiger partial charge in [-0.1, -0.05) is 0 Å². The molecule has 1 aliphatic rings. The van der Waals surface area contributed by atoms with Gasteiger partial charge in [0.1, 0.15) is 0 Å². The highest BCUT2D eigenvalue weighted by atomic mass is 32.2. The molecule has 18 heavy (non-hydrogen) atoms. The molecule has 1 aliphatic heterocycles. The largest absolute Gasteiger partial charge is 0.475 e. The Hall–Kier alpha value is -1.63. The number of rotatable bonds is 3. The van der Waals surface area contributed by atoms with Gasteiger partial charge in [-0.25, -0.2) is 4.79 Å². The lowest BCUT2D eigenvalue weighted by Gasteiger charge is -2.21. The number of hydrogen-bond donors (Lipinski definition) is 2. The van der Waals surface area contributed by atoms with Gasteiger partial charge in [-0.05, 0) is 25.0 Å². The molecule has 1 aromatic rings. The molecular weight excluding hydrogens is 258 g/mol. The van der Waals surface area contributed by atoms with Gasteiger partial charge in [0.2, 0.25) is 5.76 Å². The number of hydrogen-bond acceptors (Lipinski definition) is 4. The van der Waals surface area contributed by atoms with Crippen molar-refractivity contribution in [2.75, 3.05) is 11.5 Å². The smallest absolute Gasteiger partial charge is 0.371 e. The Morgan fingerprint density at radius 3 is 2.44 bits per heavy atom. The first kappa shape index (κ1) is 12.8.